The molecule has 0 radical (unpaired) electrons. The zero-order valence-electron chi connectivity index (χ0n) is 17.2. The number of halogens is 6. The summed E-state index contributed by atoms with van der Waals surface area (Å²) in [7, 11) is -18.9. The van der Waals surface area contributed by atoms with Gasteiger partial charge in [-0.05, 0) is 33.1 Å². The number of nitrogens with zero attached hydrogens (tertiary/aromatic N) is 2. The number of hydrogen-bond acceptors (Lipinski definition) is 7. The minimum Gasteiger partial charge on any atom is -0.390 e. The Morgan fingerprint density at radius 2 is 1.28 bits per heavy atom. The maximum absolute atomic E-state index is 14.5. The molecular formula is C14H24F6N2O7S3. The van der Waals surface area contributed by atoms with Gasteiger partial charge in [0, 0.05) is 19.6 Å². The van der Waals surface area contributed by atoms with Crippen molar-refractivity contribution in [2.24, 2.45) is 0 Å². The molecule has 0 amide bonds. The molecule has 1 aliphatic rings. The molecule has 0 aromatic rings. The summed E-state index contributed by atoms with van der Waals surface area (Å²) in [5.74, 6) is -7.06. The quantitative estimate of drug-likeness (QED) is 0.413. The Morgan fingerprint density at radius 3 is 1.66 bits per heavy atom. The van der Waals surface area contributed by atoms with Crippen LogP contribution in [0.15, 0.2) is 0 Å². The first-order valence-corrected chi connectivity index (χ1v) is 13.8. The van der Waals surface area contributed by atoms with Crippen molar-refractivity contribution in [1.82, 2.24) is 8.02 Å². The molecule has 1 rings (SSSR count). The maximum atomic E-state index is 14.5. The lowest BCUT2D eigenvalue weighted by molar-refractivity contribution is -0.245. The highest BCUT2D eigenvalue weighted by Gasteiger charge is 2.83. The van der Waals surface area contributed by atoms with E-state index >= 15 is 0 Å². The van der Waals surface area contributed by atoms with Crippen LogP contribution in [-0.4, -0.2) is 86.3 Å². The summed E-state index contributed by atoms with van der Waals surface area (Å²) in [5.41, 5.74) is -1.86. The molecule has 1 N–H and O–H groups in total. The lowest BCUT2D eigenvalue weighted by Crippen LogP contribution is -2.65. The van der Waals surface area contributed by atoms with Crippen molar-refractivity contribution >= 4 is 30.1 Å². The Morgan fingerprint density at radius 1 is 0.844 bits per heavy atom. The van der Waals surface area contributed by atoms with Gasteiger partial charge in [-0.1, -0.05) is 10.1 Å². The van der Waals surface area contributed by atoms with Crippen molar-refractivity contribution in [2.75, 3.05) is 25.9 Å². The zero-order chi connectivity index (χ0) is 25.6. The lowest BCUT2D eigenvalue weighted by atomic mass is 10.1. The number of rotatable bonds is 10. The Kier molecular flexibility index (Phi) is 8.09. The second kappa shape index (κ2) is 8.83. The minimum absolute atomic E-state index is 0.0195. The van der Waals surface area contributed by atoms with Gasteiger partial charge in [0.2, 0.25) is 10.0 Å². The fourth-order valence-electron chi connectivity index (χ4n) is 2.72. The largest absolute Gasteiger partial charge is 0.429 e. The highest BCUT2D eigenvalue weighted by Crippen LogP contribution is 2.52. The van der Waals surface area contributed by atoms with Crippen LogP contribution in [0.25, 0.3) is 0 Å². The van der Waals surface area contributed by atoms with Crippen LogP contribution in [0.1, 0.15) is 39.5 Å². The topological polar surface area (TPSA) is 129 Å². The smallest absolute Gasteiger partial charge is 0.390 e. The summed E-state index contributed by atoms with van der Waals surface area (Å²) in [4.78, 5) is 0. The number of sulfonamides is 3. The third kappa shape index (κ3) is 5.18. The van der Waals surface area contributed by atoms with Gasteiger partial charge in [-0.3, -0.25) is 0 Å². The number of alkyl halides is 6. The van der Waals surface area contributed by atoms with E-state index in [1.165, 1.54) is 0 Å². The molecule has 18 heteroatoms. The molecule has 0 aliphatic carbocycles. The van der Waals surface area contributed by atoms with Gasteiger partial charge in [-0.15, -0.1) is 0 Å². The molecule has 0 unspecified atom stereocenters. The molecule has 32 heavy (non-hydrogen) atoms. The van der Waals surface area contributed by atoms with E-state index in [9.17, 15) is 56.7 Å². The van der Waals surface area contributed by atoms with Crippen LogP contribution >= 0.6 is 0 Å². The predicted molar refractivity (Wildman–Crippen MR) is 101 cm³/mol. The summed E-state index contributed by atoms with van der Waals surface area (Å²) in [5, 5.41) is -3.89. The first kappa shape index (κ1) is 29.3. The van der Waals surface area contributed by atoms with Crippen LogP contribution in [0.4, 0.5) is 26.3 Å². The third-order valence-electron chi connectivity index (χ3n) is 4.58. The van der Waals surface area contributed by atoms with Gasteiger partial charge in [0.15, 0.2) is 0 Å². The van der Waals surface area contributed by atoms with E-state index in [-0.39, 0.29) is 23.4 Å². The summed E-state index contributed by atoms with van der Waals surface area (Å²) in [6.45, 7) is -0.833. The molecule has 1 fully saturated rings. The van der Waals surface area contributed by atoms with E-state index < -0.39 is 81.9 Å². The van der Waals surface area contributed by atoms with Crippen LogP contribution in [0.5, 0.6) is 0 Å². The molecule has 0 atom stereocenters. The third-order valence-corrected chi connectivity index (χ3v) is 10.5. The Labute approximate surface area is 182 Å². The van der Waals surface area contributed by atoms with E-state index in [0.29, 0.717) is 6.42 Å². The van der Waals surface area contributed by atoms with Gasteiger partial charge in [-0.25, -0.2) is 25.3 Å². The van der Waals surface area contributed by atoms with Gasteiger partial charge in [0.25, 0.3) is 20.0 Å². The standard InChI is InChI=1S/C14H24F6N2O7S3/c1-11(2,23)7-10-22(30(3,24)25)32(28,29)14(19,20)12(15,16)13(17,18)31(26,27)21-8-5-4-6-9-21/h23H,4-10H2,1-3H3. The van der Waals surface area contributed by atoms with E-state index in [2.05, 4.69) is 0 Å². The fraction of sp³-hybridized carbons (Fsp3) is 1.00. The Balaban J connectivity index is 3.56. The number of aliphatic hydroxyl groups is 1. The molecule has 0 saturated carbocycles. The zero-order valence-corrected chi connectivity index (χ0v) is 19.7. The minimum atomic E-state index is -7.12. The first-order chi connectivity index (χ1) is 13.9. The Hall–Kier alpha value is -0.690. The second-order valence-electron chi connectivity index (χ2n) is 7.90. The van der Waals surface area contributed by atoms with Crippen LogP contribution in [0, 0.1) is 0 Å². The van der Waals surface area contributed by atoms with Gasteiger partial charge in [-0.2, -0.15) is 30.6 Å². The summed E-state index contributed by atoms with van der Waals surface area (Å²) in [6, 6.07) is 0. The van der Waals surface area contributed by atoms with Gasteiger partial charge >= 0.3 is 16.4 Å². The molecule has 0 bridgehead atoms. The van der Waals surface area contributed by atoms with Crippen molar-refractivity contribution in [3.05, 3.63) is 0 Å². The molecule has 1 heterocycles. The van der Waals surface area contributed by atoms with E-state index in [1.807, 2.05) is 0 Å². The van der Waals surface area contributed by atoms with Crippen molar-refractivity contribution in [3.8, 4) is 0 Å². The van der Waals surface area contributed by atoms with Gasteiger partial charge in [0.1, 0.15) is 0 Å². The second-order valence-corrected chi connectivity index (χ2v) is 13.9. The average Bonchev–Trinajstić information content (AvgIpc) is 2.59. The van der Waals surface area contributed by atoms with Crippen LogP contribution in [0.2, 0.25) is 0 Å². The van der Waals surface area contributed by atoms with E-state index in [4.69, 9.17) is 0 Å². The first-order valence-electron chi connectivity index (χ1n) is 9.02. The highest BCUT2D eigenvalue weighted by atomic mass is 32.3. The molecule has 0 spiro atoms. The van der Waals surface area contributed by atoms with Crippen LogP contribution in [0.3, 0.4) is 0 Å². The molecular weight excluding hydrogens is 518 g/mol. The summed E-state index contributed by atoms with van der Waals surface area (Å²) in [6.07, 6.45) is -0.513. The van der Waals surface area contributed by atoms with E-state index in [1.54, 1.807) is 0 Å². The fourth-order valence-corrected chi connectivity index (χ4v) is 7.47. The number of piperidine rings is 1. The maximum Gasteiger partial charge on any atom is 0.429 e. The molecule has 0 aromatic heterocycles. The van der Waals surface area contributed by atoms with E-state index in [0.717, 1.165) is 13.8 Å². The molecule has 1 aliphatic heterocycles. The normalized spacial score (nSPS) is 18.8. The van der Waals surface area contributed by atoms with Crippen molar-refractivity contribution in [2.45, 2.75) is 61.6 Å². The predicted octanol–water partition coefficient (Wildman–Crippen LogP) is 1.38. The van der Waals surface area contributed by atoms with Crippen molar-refractivity contribution < 1.29 is 56.7 Å². The summed E-state index contributed by atoms with van der Waals surface area (Å²) < 4.78 is 157. The SMILES string of the molecule is CC(C)(O)CCN(S(C)(=O)=O)S(=O)(=O)C(F)(F)C(F)(F)C(F)(F)S(=O)(=O)N1CCCCC1. The average molecular weight is 543 g/mol. The molecule has 0 aromatic carbocycles. The summed E-state index contributed by atoms with van der Waals surface area (Å²) >= 11 is 0. The monoisotopic (exact) mass is 542 g/mol. The molecule has 192 valence electrons. The Bertz CT molecular complexity index is 1000. The molecule has 9 nitrogen and oxygen atoms in total. The number of hydrogen-bond donors (Lipinski definition) is 1. The van der Waals surface area contributed by atoms with Crippen molar-refractivity contribution in [1.29, 1.82) is 0 Å². The van der Waals surface area contributed by atoms with Gasteiger partial charge in [0.05, 0.1) is 11.9 Å². The van der Waals surface area contributed by atoms with Crippen LogP contribution < -0.4 is 0 Å². The molecule has 1 saturated heterocycles. The van der Waals surface area contributed by atoms with Gasteiger partial charge < -0.3 is 5.11 Å². The highest BCUT2D eigenvalue weighted by molar-refractivity contribution is 8.04. The van der Waals surface area contributed by atoms with Crippen LogP contribution in [-0.2, 0) is 30.1 Å². The lowest BCUT2D eigenvalue weighted by Gasteiger charge is -2.37. The van der Waals surface area contributed by atoms with Crippen molar-refractivity contribution in [3.63, 3.8) is 0 Å².